The van der Waals surface area contributed by atoms with Crippen LogP contribution in [0.5, 0.6) is 17.2 Å². The maximum atomic E-state index is 13.2. The minimum absolute atomic E-state index is 0.102. The summed E-state index contributed by atoms with van der Waals surface area (Å²) in [5, 5.41) is 12.5. The van der Waals surface area contributed by atoms with E-state index in [1.54, 1.807) is 36.4 Å². The second-order valence-electron chi connectivity index (χ2n) is 9.22. The maximum Gasteiger partial charge on any atom is 0.412 e. The summed E-state index contributed by atoms with van der Waals surface area (Å²) in [5.74, 6) is 1.21. The highest BCUT2D eigenvalue weighted by Crippen LogP contribution is 2.49. The predicted octanol–water partition coefficient (Wildman–Crippen LogP) is 5.39. The third-order valence-corrected chi connectivity index (χ3v) is 7.53. The lowest BCUT2D eigenvalue weighted by Crippen LogP contribution is -2.33. The predicted molar refractivity (Wildman–Crippen MR) is 144 cm³/mol. The quantitative estimate of drug-likeness (QED) is 0.285. The number of halogens is 1. The molecule has 0 unspecified atom stereocenters. The van der Waals surface area contributed by atoms with Gasteiger partial charge < -0.3 is 24.3 Å². The molecular weight excluding hydrogens is 527 g/mol. The molecule has 1 aliphatic rings. The molecule has 0 spiro atoms. The number of benzene rings is 3. The monoisotopic (exact) mass is 554 g/mol. The number of nitrogens with zero attached hydrogens (tertiary/aromatic N) is 1. The van der Waals surface area contributed by atoms with Crippen molar-refractivity contribution in [1.82, 2.24) is 5.32 Å². The van der Waals surface area contributed by atoms with Crippen molar-refractivity contribution in [1.29, 1.82) is 0 Å². The van der Waals surface area contributed by atoms with Gasteiger partial charge in [-0.15, -0.1) is 0 Å². The van der Waals surface area contributed by atoms with E-state index in [0.717, 1.165) is 24.7 Å². The Labute approximate surface area is 224 Å². The Bertz CT molecular complexity index is 1610. The first-order valence-corrected chi connectivity index (χ1v) is 14.1. The van der Waals surface area contributed by atoms with Gasteiger partial charge in [0.05, 0.1) is 30.5 Å². The van der Waals surface area contributed by atoms with Crippen molar-refractivity contribution < 1.29 is 36.6 Å². The van der Waals surface area contributed by atoms with Gasteiger partial charge in [-0.3, -0.25) is 4.31 Å². The van der Waals surface area contributed by atoms with Crippen LogP contribution in [-0.4, -0.2) is 46.1 Å². The Balaban J connectivity index is 1.60. The number of aliphatic hydroxyl groups excluding tert-OH is 1. The second-order valence-corrected chi connectivity index (χ2v) is 11.1. The van der Waals surface area contributed by atoms with Crippen LogP contribution in [0.25, 0.3) is 22.3 Å². The van der Waals surface area contributed by atoms with Crippen LogP contribution < -0.4 is 19.1 Å². The number of anilines is 1. The number of sulfonamides is 1. The van der Waals surface area contributed by atoms with E-state index in [0.29, 0.717) is 33.7 Å². The Kier molecular flexibility index (Phi) is 7.19. The van der Waals surface area contributed by atoms with Crippen molar-refractivity contribution in [3.05, 3.63) is 72.0 Å². The van der Waals surface area contributed by atoms with Crippen molar-refractivity contribution in [2.45, 2.75) is 18.8 Å². The summed E-state index contributed by atoms with van der Waals surface area (Å²) in [6, 6.07) is 15.9. The summed E-state index contributed by atoms with van der Waals surface area (Å²) in [6.45, 7) is -0.454. The molecule has 3 aromatic carbocycles. The molecule has 1 amide bonds. The van der Waals surface area contributed by atoms with Crippen LogP contribution in [-0.2, 0) is 10.0 Å². The Hall–Kier alpha value is -4.09. The molecule has 11 heteroatoms. The Morgan fingerprint density at radius 1 is 1.10 bits per heavy atom. The zero-order chi connectivity index (χ0) is 27.7. The van der Waals surface area contributed by atoms with E-state index in [1.165, 1.54) is 35.6 Å². The fraction of sp³-hybridized carbons (Fsp3) is 0.250. The van der Waals surface area contributed by atoms with Crippen LogP contribution in [0.15, 0.2) is 65.1 Å². The van der Waals surface area contributed by atoms with Crippen molar-refractivity contribution in [2.75, 3.05) is 30.8 Å². The average Bonchev–Trinajstić information content (AvgIpc) is 3.70. The smallest absolute Gasteiger partial charge is 0.412 e. The summed E-state index contributed by atoms with van der Waals surface area (Å²) in [4.78, 5) is 12.3. The lowest BCUT2D eigenvalue weighted by Gasteiger charge is -2.24. The molecule has 1 fully saturated rings. The largest absolute Gasteiger partial charge is 0.457 e. The minimum Gasteiger partial charge on any atom is -0.457 e. The number of fused-ring (bicyclic) bond motifs is 1. The van der Waals surface area contributed by atoms with Crippen LogP contribution in [0.1, 0.15) is 24.3 Å². The molecule has 4 aromatic rings. The van der Waals surface area contributed by atoms with Gasteiger partial charge in [-0.2, -0.15) is 0 Å². The molecule has 0 saturated heterocycles. The molecule has 2 N–H and O–H groups in total. The molecule has 0 atom stereocenters. The van der Waals surface area contributed by atoms with E-state index in [2.05, 4.69) is 5.32 Å². The van der Waals surface area contributed by atoms with Crippen molar-refractivity contribution in [2.24, 2.45) is 0 Å². The van der Waals surface area contributed by atoms with E-state index in [1.807, 2.05) is 0 Å². The molecule has 0 bridgehead atoms. The molecule has 1 heterocycles. The molecular formula is C28H27FN2O7S. The van der Waals surface area contributed by atoms with Crippen molar-refractivity contribution >= 4 is 32.8 Å². The number of amides is 1. The third-order valence-electron chi connectivity index (χ3n) is 6.35. The van der Waals surface area contributed by atoms with E-state index in [9.17, 15) is 22.7 Å². The van der Waals surface area contributed by atoms with Gasteiger partial charge in [0.25, 0.3) is 0 Å². The first kappa shape index (κ1) is 26.5. The number of hydrogen-bond acceptors (Lipinski definition) is 7. The van der Waals surface area contributed by atoms with E-state index >= 15 is 0 Å². The van der Waals surface area contributed by atoms with E-state index < -0.39 is 16.1 Å². The highest BCUT2D eigenvalue weighted by molar-refractivity contribution is 7.92. The Morgan fingerprint density at radius 3 is 2.31 bits per heavy atom. The zero-order valence-electron chi connectivity index (χ0n) is 21.3. The highest BCUT2D eigenvalue weighted by Gasteiger charge is 2.32. The molecule has 0 aliphatic heterocycles. The average molecular weight is 555 g/mol. The van der Waals surface area contributed by atoms with Crippen LogP contribution >= 0.6 is 0 Å². The molecule has 9 nitrogen and oxygen atoms in total. The summed E-state index contributed by atoms with van der Waals surface area (Å²) in [6.07, 6.45) is 2.18. The summed E-state index contributed by atoms with van der Waals surface area (Å²) < 4.78 is 57.1. The topological polar surface area (TPSA) is 118 Å². The molecule has 1 aliphatic carbocycles. The SMILES string of the molecule is CNC(=O)Oc1c(-c2ccc(Oc3ccc(F)cc3)cc2)oc2cc(N(CCO)S(C)(=O)=O)c(C3CC3)cc12. The summed E-state index contributed by atoms with van der Waals surface area (Å²) in [5.41, 5.74) is 2.11. The molecule has 5 rings (SSSR count). The first-order chi connectivity index (χ1) is 18.7. The van der Waals surface area contributed by atoms with Gasteiger partial charge in [-0.05, 0) is 78.9 Å². The van der Waals surface area contributed by atoms with Gasteiger partial charge in [0.15, 0.2) is 11.5 Å². The van der Waals surface area contributed by atoms with E-state index in [-0.39, 0.29) is 36.4 Å². The van der Waals surface area contributed by atoms with Gasteiger partial charge in [-0.1, -0.05) is 0 Å². The number of carbonyl (C=O) groups excluding carboxylic acids is 1. The number of hydrogen-bond donors (Lipinski definition) is 2. The number of aliphatic hydroxyl groups is 1. The van der Waals surface area contributed by atoms with Gasteiger partial charge >= 0.3 is 6.09 Å². The molecule has 39 heavy (non-hydrogen) atoms. The van der Waals surface area contributed by atoms with Crippen LogP contribution in [0, 0.1) is 5.82 Å². The summed E-state index contributed by atoms with van der Waals surface area (Å²) in [7, 11) is -2.24. The minimum atomic E-state index is -3.69. The number of furan rings is 1. The summed E-state index contributed by atoms with van der Waals surface area (Å²) >= 11 is 0. The maximum absolute atomic E-state index is 13.2. The highest BCUT2D eigenvalue weighted by atomic mass is 32.2. The van der Waals surface area contributed by atoms with Crippen LogP contribution in [0.4, 0.5) is 14.9 Å². The Morgan fingerprint density at radius 2 is 1.74 bits per heavy atom. The standard InChI is InChI=1S/C28H27FN2O7S/c1-30-28(33)38-27-23-15-22(17-3-4-17)24(31(13-14-32)39(2,34)35)16-25(23)37-26(27)18-5-9-20(10-6-18)36-21-11-7-19(29)8-12-21/h5-12,15-17,32H,3-4,13-14H2,1-2H3,(H,30,33). The lowest BCUT2D eigenvalue weighted by molar-refractivity contribution is 0.203. The van der Waals surface area contributed by atoms with Gasteiger partial charge in [0, 0.05) is 18.7 Å². The van der Waals surface area contributed by atoms with Gasteiger partial charge in [0.1, 0.15) is 22.9 Å². The molecule has 0 radical (unpaired) electrons. The number of ether oxygens (including phenoxy) is 2. The van der Waals surface area contributed by atoms with Crippen molar-refractivity contribution in [3.63, 3.8) is 0 Å². The van der Waals surface area contributed by atoms with Crippen LogP contribution in [0.3, 0.4) is 0 Å². The molecule has 1 aromatic heterocycles. The fourth-order valence-electron chi connectivity index (χ4n) is 4.37. The zero-order valence-corrected chi connectivity index (χ0v) is 22.1. The molecule has 204 valence electrons. The molecule has 1 saturated carbocycles. The second kappa shape index (κ2) is 10.6. The lowest BCUT2D eigenvalue weighted by atomic mass is 10.0. The third kappa shape index (κ3) is 5.69. The van der Waals surface area contributed by atoms with Crippen molar-refractivity contribution in [3.8, 4) is 28.6 Å². The first-order valence-electron chi connectivity index (χ1n) is 12.3. The normalized spacial score (nSPS) is 13.3. The van der Waals surface area contributed by atoms with Gasteiger partial charge in [-0.25, -0.2) is 17.6 Å². The fourth-order valence-corrected chi connectivity index (χ4v) is 5.30. The number of carbonyl (C=O) groups is 1. The van der Waals surface area contributed by atoms with E-state index in [4.69, 9.17) is 13.9 Å². The van der Waals surface area contributed by atoms with Crippen LogP contribution in [0.2, 0.25) is 0 Å². The number of rotatable bonds is 9. The van der Waals surface area contributed by atoms with Gasteiger partial charge in [0.2, 0.25) is 10.0 Å². The number of nitrogens with one attached hydrogen (secondary N) is 1.